The third kappa shape index (κ3) is 3.70. The molecule has 0 radical (unpaired) electrons. The standard InChI is InChI=1S/C12H14N4O3S/c1-3-4-13-10-5-9(16(17)18)6-11(15-10)20-12-14-8(2)7-19-12/h5-7H,3-4H2,1-2H3,(H,13,15). The summed E-state index contributed by atoms with van der Waals surface area (Å²) in [7, 11) is 0. The number of oxazole rings is 1. The molecule has 0 amide bonds. The summed E-state index contributed by atoms with van der Waals surface area (Å²) in [6.45, 7) is 4.52. The minimum Gasteiger partial charge on any atom is -0.439 e. The van der Waals surface area contributed by atoms with Crippen LogP contribution in [0.15, 0.2) is 33.1 Å². The van der Waals surface area contributed by atoms with Gasteiger partial charge in [0.2, 0.25) is 0 Å². The largest absolute Gasteiger partial charge is 0.439 e. The highest BCUT2D eigenvalue weighted by atomic mass is 32.2. The third-order valence-electron chi connectivity index (χ3n) is 2.34. The van der Waals surface area contributed by atoms with E-state index >= 15 is 0 Å². The van der Waals surface area contributed by atoms with Crippen molar-refractivity contribution in [3.05, 3.63) is 34.2 Å². The maximum absolute atomic E-state index is 10.9. The van der Waals surface area contributed by atoms with Crippen LogP contribution in [-0.4, -0.2) is 21.4 Å². The van der Waals surface area contributed by atoms with E-state index in [9.17, 15) is 10.1 Å². The van der Waals surface area contributed by atoms with Gasteiger partial charge in [-0.3, -0.25) is 10.1 Å². The summed E-state index contributed by atoms with van der Waals surface area (Å²) < 4.78 is 5.21. The van der Waals surface area contributed by atoms with E-state index < -0.39 is 4.92 Å². The molecule has 0 aliphatic rings. The SMILES string of the molecule is CCCNc1cc([N+](=O)[O-])cc(Sc2nc(C)co2)n1. The van der Waals surface area contributed by atoms with E-state index in [2.05, 4.69) is 15.3 Å². The number of anilines is 1. The van der Waals surface area contributed by atoms with E-state index in [4.69, 9.17) is 4.42 Å². The number of aryl methyl sites for hydroxylation is 1. The van der Waals surface area contributed by atoms with Gasteiger partial charge >= 0.3 is 0 Å². The van der Waals surface area contributed by atoms with Gasteiger partial charge in [0.25, 0.3) is 10.9 Å². The molecule has 2 aromatic heterocycles. The van der Waals surface area contributed by atoms with Crippen LogP contribution in [0.4, 0.5) is 11.5 Å². The number of nitro groups is 1. The Morgan fingerprint density at radius 1 is 1.45 bits per heavy atom. The molecule has 7 nitrogen and oxygen atoms in total. The molecule has 0 atom stereocenters. The van der Waals surface area contributed by atoms with Crippen LogP contribution in [0.25, 0.3) is 0 Å². The van der Waals surface area contributed by atoms with E-state index in [0.717, 1.165) is 23.9 Å². The molecule has 0 bridgehead atoms. The average molecular weight is 294 g/mol. The van der Waals surface area contributed by atoms with Crippen LogP contribution in [-0.2, 0) is 0 Å². The number of nitrogens with one attached hydrogen (secondary N) is 1. The molecule has 0 unspecified atom stereocenters. The molecule has 106 valence electrons. The Labute approximate surface area is 120 Å². The summed E-state index contributed by atoms with van der Waals surface area (Å²) in [4.78, 5) is 18.9. The number of nitrogens with zero attached hydrogens (tertiary/aromatic N) is 3. The van der Waals surface area contributed by atoms with Crippen LogP contribution >= 0.6 is 11.8 Å². The van der Waals surface area contributed by atoms with Crippen LogP contribution in [0.1, 0.15) is 19.0 Å². The van der Waals surface area contributed by atoms with E-state index in [1.54, 1.807) is 0 Å². The summed E-state index contributed by atoms with van der Waals surface area (Å²) in [5.74, 6) is 0.479. The van der Waals surface area contributed by atoms with Gasteiger partial charge in [-0.1, -0.05) is 6.92 Å². The van der Waals surface area contributed by atoms with Gasteiger partial charge in [0.05, 0.1) is 16.7 Å². The Hall–Kier alpha value is -2.09. The average Bonchev–Trinajstić information content (AvgIpc) is 2.81. The molecule has 0 aromatic carbocycles. The second-order valence-corrected chi connectivity index (χ2v) is 5.06. The molecular formula is C12H14N4O3S. The van der Waals surface area contributed by atoms with E-state index in [-0.39, 0.29) is 5.69 Å². The van der Waals surface area contributed by atoms with Crippen LogP contribution in [0.3, 0.4) is 0 Å². The van der Waals surface area contributed by atoms with Gasteiger partial charge in [0.15, 0.2) is 0 Å². The van der Waals surface area contributed by atoms with Gasteiger partial charge in [-0.15, -0.1) is 0 Å². The zero-order valence-electron chi connectivity index (χ0n) is 11.1. The van der Waals surface area contributed by atoms with Crippen LogP contribution in [0, 0.1) is 17.0 Å². The summed E-state index contributed by atoms with van der Waals surface area (Å²) in [6.07, 6.45) is 2.43. The van der Waals surface area contributed by atoms with E-state index in [1.807, 2.05) is 13.8 Å². The molecule has 1 N–H and O–H groups in total. The van der Waals surface area contributed by atoms with Gasteiger partial charge < -0.3 is 9.73 Å². The van der Waals surface area contributed by atoms with Crippen LogP contribution in [0.5, 0.6) is 0 Å². The highest BCUT2D eigenvalue weighted by Gasteiger charge is 2.14. The Bertz CT molecular complexity index is 614. The van der Waals surface area contributed by atoms with E-state index in [1.165, 1.54) is 18.4 Å². The molecule has 8 heteroatoms. The topological polar surface area (TPSA) is 94.1 Å². The maximum atomic E-state index is 10.9. The molecule has 2 aromatic rings. The normalized spacial score (nSPS) is 10.5. The molecule has 0 saturated heterocycles. The van der Waals surface area contributed by atoms with Gasteiger partial charge in [0.1, 0.15) is 17.1 Å². The predicted octanol–water partition coefficient (Wildman–Crippen LogP) is 3.26. The quantitative estimate of drug-likeness (QED) is 0.645. The predicted molar refractivity (Wildman–Crippen MR) is 75.0 cm³/mol. The van der Waals surface area contributed by atoms with Crippen molar-refractivity contribution in [1.82, 2.24) is 9.97 Å². The number of rotatable bonds is 6. The molecule has 20 heavy (non-hydrogen) atoms. The Balaban J connectivity index is 2.26. The molecule has 0 aliphatic heterocycles. The fraction of sp³-hybridized carbons (Fsp3) is 0.333. The number of hydrogen-bond acceptors (Lipinski definition) is 7. The first-order valence-electron chi connectivity index (χ1n) is 6.09. The lowest BCUT2D eigenvalue weighted by atomic mass is 10.4. The second kappa shape index (κ2) is 6.38. The van der Waals surface area contributed by atoms with Gasteiger partial charge in [-0.05, 0) is 25.1 Å². The van der Waals surface area contributed by atoms with Crippen molar-refractivity contribution < 1.29 is 9.34 Å². The lowest BCUT2D eigenvalue weighted by Crippen LogP contribution is -2.03. The van der Waals surface area contributed by atoms with Crippen molar-refractivity contribution in [2.45, 2.75) is 30.5 Å². The molecule has 0 spiro atoms. The minimum atomic E-state index is -0.441. The molecule has 0 aliphatic carbocycles. The first-order valence-corrected chi connectivity index (χ1v) is 6.90. The Kier molecular flexibility index (Phi) is 4.57. The molecule has 0 saturated carbocycles. The smallest absolute Gasteiger partial charge is 0.275 e. The van der Waals surface area contributed by atoms with Crippen molar-refractivity contribution in [3.63, 3.8) is 0 Å². The summed E-state index contributed by atoms with van der Waals surface area (Å²) in [5, 5.41) is 14.9. The highest BCUT2D eigenvalue weighted by Crippen LogP contribution is 2.29. The fourth-order valence-electron chi connectivity index (χ4n) is 1.46. The van der Waals surface area contributed by atoms with Crippen molar-refractivity contribution in [2.75, 3.05) is 11.9 Å². The lowest BCUT2D eigenvalue weighted by Gasteiger charge is -2.05. The Morgan fingerprint density at radius 2 is 2.25 bits per heavy atom. The zero-order chi connectivity index (χ0) is 14.5. The van der Waals surface area contributed by atoms with Crippen molar-refractivity contribution >= 4 is 23.3 Å². The molecular weight excluding hydrogens is 280 g/mol. The number of pyridine rings is 1. The molecule has 0 fully saturated rings. The fourth-order valence-corrected chi connectivity index (χ4v) is 2.25. The van der Waals surface area contributed by atoms with Crippen molar-refractivity contribution in [2.24, 2.45) is 0 Å². The van der Waals surface area contributed by atoms with Crippen LogP contribution < -0.4 is 5.32 Å². The first-order chi connectivity index (χ1) is 9.58. The van der Waals surface area contributed by atoms with Gasteiger partial charge in [-0.2, -0.15) is 0 Å². The van der Waals surface area contributed by atoms with Crippen LogP contribution in [0.2, 0.25) is 0 Å². The highest BCUT2D eigenvalue weighted by molar-refractivity contribution is 7.99. The zero-order valence-corrected chi connectivity index (χ0v) is 11.9. The summed E-state index contributed by atoms with van der Waals surface area (Å²) in [5.41, 5.74) is 0.742. The van der Waals surface area contributed by atoms with Gasteiger partial charge in [0, 0.05) is 12.6 Å². The van der Waals surface area contributed by atoms with E-state index in [0.29, 0.717) is 22.6 Å². The number of aromatic nitrogens is 2. The first kappa shape index (κ1) is 14.3. The summed E-state index contributed by atoms with van der Waals surface area (Å²) in [6, 6.07) is 2.82. The lowest BCUT2D eigenvalue weighted by molar-refractivity contribution is -0.385. The molecule has 2 heterocycles. The monoisotopic (exact) mass is 294 g/mol. The Morgan fingerprint density at radius 3 is 2.85 bits per heavy atom. The minimum absolute atomic E-state index is 0.00983. The second-order valence-electron chi connectivity index (χ2n) is 4.09. The molecule has 2 rings (SSSR count). The van der Waals surface area contributed by atoms with Crippen molar-refractivity contribution in [3.8, 4) is 0 Å². The van der Waals surface area contributed by atoms with Gasteiger partial charge in [-0.25, -0.2) is 9.97 Å². The summed E-state index contributed by atoms with van der Waals surface area (Å²) >= 11 is 1.15. The maximum Gasteiger partial charge on any atom is 0.275 e. The van der Waals surface area contributed by atoms with Crippen molar-refractivity contribution in [1.29, 1.82) is 0 Å². The number of hydrogen-bond donors (Lipinski definition) is 1. The third-order valence-corrected chi connectivity index (χ3v) is 3.12.